The maximum Gasteiger partial charge on any atom is 0.242 e. The van der Waals surface area contributed by atoms with Crippen molar-refractivity contribution in [3.05, 3.63) is 48.3 Å². The Morgan fingerprint density at radius 1 is 1.22 bits per heavy atom. The quantitative estimate of drug-likeness (QED) is 0.838. The fourth-order valence-electron chi connectivity index (χ4n) is 2.40. The molecule has 1 aromatic carbocycles. The van der Waals surface area contributed by atoms with E-state index < -0.39 is 10.0 Å². The number of nitrogens with zero attached hydrogens (tertiary/aromatic N) is 3. The van der Waals surface area contributed by atoms with Gasteiger partial charge in [0.15, 0.2) is 0 Å². The first-order valence-corrected chi connectivity index (χ1v) is 9.00. The van der Waals surface area contributed by atoms with Crippen molar-refractivity contribution >= 4 is 10.0 Å². The Bertz CT molecular complexity index is 709. The van der Waals surface area contributed by atoms with Gasteiger partial charge >= 0.3 is 0 Å². The van der Waals surface area contributed by atoms with Gasteiger partial charge in [0.05, 0.1) is 11.4 Å². The van der Waals surface area contributed by atoms with Crippen LogP contribution in [0.25, 0.3) is 0 Å². The topological polar surface area (TPSA) is 67.2 Å². The first-order chi connectivity index (χ1) is 10.8. The highest BCUT2D eigenvalue weighted by atomic mass is 32.2. The molecule has 1 N–H and O–H groups in total. The molecule has 1 aromatic heterocycles. The maximum atomic E-state index is 12.1. The Morgan fingerprint density at radius 3 is 2.39 bits per heavy atom. The van der Waals surface area contributed by atoms with Crippen LogP contribution in [0.4, 0.5) is 0 Å². The number of benzene rings is 1. The lowest BCUT2D eigenvalue weighted by Gasteiger charge is -2.21. The highest BCUT2D eigenvalue weighted by Gasteiger charge is 2.17. The van der Waals surface area contributed by atoms with Crippen LogP contribution in [0.5, 0.6) is 0 Å². The van der Waals surface area contributed by atoms with Crippen molar-refractivity contribution in [1.82, 2.24) is 19.4 Å². The number of sulfonamides is 1. The summed E-state index contributed by atoms with van der Waals surface area (Å²) >= 11 is 0. The second-order valence-electron chi connectivity index (χ2n) is 5.87. The third-order valence-corrected chi connectivity index (χ3v) is 5.54. The third-order valence-electron chi connectivity index (χ3n) is 3.71. The molecule has 0 spiro atoms. The van der Waals surface area contributed by atoms with Crippen LogP contribution in [0.15, 0.2) is 47.6 Å². The molecule has 2 unspecified atom stereocenters. The van der Waals surface area contributed by atoms with Gasteiger partial charge in [-0.25, -0.2) is 12.7 Å². The van der Waals surface area contributed by atoms with Crippen LogP contribution in [-0.4, -0.2) is 42.6 Å². The predicted molar refractivity (Wildman–Crippen MR) is 90.6 cm³/mol. The molecule has 0 aliphatic carbocycles. The molecule has 0 radical (unpaired) electrons. The van der Waals surface area contributed by atoms with E-state index in [0.717, 1.165) is 12.1 Å². The second-order valence-corrected chi connectivity index (χ2v) is 8.03. The predicted octanol–water partition coefficient (Wildman–Crippen LogP) is 1.87. The van der Waals surface area contributed by atoms with Crippen molar-refractivity contribution in [2.24, 2.45) is 0 Å². The van der Waals surface area contributed by atoms with Crippen molar-refractivity contribution in [3.63, 3.8) is 0 Å². The SMILES string of the molecule is CC(Cn1cccn1)NC(C)c1ccc(S(=O)(=O)N(C)C)cc1. The number of aromatic nitrogens is 2. The summed E-state index contributed by atoms with van der Waals surface area (Å²) in [6, 6.07) is 9.29. The van der Waals surface area contributed by atoms with Gasteiger partial charge in [0.2, 0.25) is 10.0 Å². The molecule has 0 aliphatic heterocycles. The van der Waals surface area contributed by atoms with Crippen LogP contribution < -0.4 is 5.32 Å². The zero-order valence-corrected chi connectivity index (χ0v) is 14.8. The lowest BCUT2D eigenvalue weighted by Crippen LogP contribution is -2.32. The molecule has 0 saturated carbocycles. The molecule has 2 aromatic rings. The van der Waals surface area contributed by atoms with E-state index in [-0.39, 0.29) is 12.1 Å². The van der Waals surface area contributed by atoms with Crippen molar-refractivity contribution < 1.29 is 8.42 Å². The molecule has 6 nitrogen and oxygen atoms in total. The standard InChI is InChI=1S/C16H24N4O2S/c1-13(12-20-11-5-10-17-20)18-14(2)15-6-8-16(9-7-15)23(21,22)19(3)4/h5-11,13-14,18H,12H2,1-4H3. The van der Waals surface area contributed by atoms with Crippen LogP contribution in [-0.2, 0) is 16.6 Å². The highest BCUT2D eigenvalue weighted by molar-refractivity contribution is 7.89. The monoisotopic (exact) mass is 336 g/mol. The van der Waals surface area contributed by atoms with E-state index in [1.54, 1.807) is 18.3 Å². The van der Waals surface area contributed by atoms with E-state index in [0.29, 0.717) is 4.90 Å². The lowest BCUT2D eigenvalue weighted by molar-refractivity contribution is 0.413. The van der Waals surface area contributed by atoms with Gasteiger partial charge in [-0.3, -0.25) is 4.68 Å². The van der Waals surface area contributed by atoms with E-state index in [4.69, 9.17) is 0 Å². The van der Waals surface area contributed by atoms with Gasteiger partial charge in [0.25, 0.3) is 0 Å². The molecule has 0 fully saturated rings. The summed E-state index contributed by atoms with van der Waals surface area (Å²) in [5.74, 6) is 0. The minimum Gasteiger partial charge on any atom is -0.306 e. The van der Waals surface area contributed by atoms with E-state index in [1.807, 2.05) is 29.1 Å². The number of rotatable bonds is 7. The summed E-state index contributed by atoms with van der Waals surface area (Å²) in [6.45, 7) is 4.95. The Labute approximate surface area is 138 Å². The van der Waals surface area contributed by atoms with Crippen LogP contribution in [0.2, 0.25) is 0 Å². The van der Waals surface area contributed by atoms with Gasteiger partial charge in [-0.05, 0) is 37.6 Å². The highest BCUT2D eigenvalue weighted by Crippen LogP contribution is 2.18. The Morgan fingerprint density at radius 2 is 1.87 bits per heavy atom. The van der Waals surface area contributed by atoms with E-state index >= 15 is 0 Å². The first-order valence-electron chi connectivity index (χ1n) is 7.56. The van der Waals surface area contributed by atoms with E-state index in [2.05, 4.69) is 24.3 Å². The van der Waals surface area contributed by atoms with E-state index in [9.17, 15) is 8.42 Å². The summed E-state index contributed by atoms with van der Waals surface area (Å²) in [5.41, 5.74) is 1.05. The summed E-state index contributed by atoms with van der Waals surface area (Å²) in [4.78, 5) is 0.308. The van der Waals surface area contributed by atoms with Gasteiger partial charge in [-0.2, -0.15) is 5.10 Å². The number of hydrogen-bond acceptors (Lipinski definition) is 4. The Balaban J connectivity index is 2.01. The molecular weight excluding hydrogens is 312 g/mol. The average molecular weight is 336 g/mol. The fraction of sp³-hybridized carbons (Fsp3) is 0.438. The molecule has 0 aliphatic rings. The second kappa shape index (κ2) is 7.25. The van der Waals surface area contributed by atoms with Crippen LogP contribution in [0, 0.1) is 0 Å². The Hall–Kier alpha value is -1.70. The maximum absolute atomic E-state index is 12.1. The van der Waals surface area contributed by atoms with Crippen LogP contribution >= 0.6 is 0 Å². The van der Waals surface area contributed by atoms with Gasteiger partial charge < -0.3 is 5.32 Å². The normalized spacial score (nSPS) is 14.8. The van der Waals surface area contributed by atoms with Gasteiger partial charge in [0, 0.05) is 38.6 Å². The molecule has 1 heterocycles. The molecule has 0 amide bonds. The number of nitrogens with one attached hydrogen (secondary N) is 1. The molecule has 126 valence electrons. The first kappa shape index (κ1) is 17.7. The summed E-state index contributed by atoms with van der Waals surface area (Å²) in [7, 11) is -0.311. The molecular formula is C16H24N4O2S. The fourth-order valence-corrected chi connectivity index (χ4v) is 3.31. The summed E-state index contributed by atoms with van der Waals surface area (Å²) < 4.78 is 27.2. The molecule has 0 saturated heterocycles. The zero-order valence-electron chi connectivity index (χ0n) is 14.0. The molecule has 23 heavy (non-hydrogen) atoms. The van der Waals surface area contributed by atoms with Crippen molar-refractivity contribution in [2.75, 3.05) is 14.1 Å². The smallest absolute Gasteiger partial charge is 0.242 e. The van der Waals surface area contributed by atoms with Gasteiger partial charge in [0.1, 0.15) is 0 Å². The van der Waals surface area contributed by atoms with Gasteiger partial charge in [-0.15, -0.1) is 0 Å². The molecule has 0 bridgehead atoms. The summed E-state index contributed by atoms with van der Waals surface area (Å²) in [5, 5.41) is 7.69. The third kappa shape index (κ3) is 4.40. The summed E-state index contributed by atoms with van der Waals surface area (Å²) in [6.07, 6.45) is 3.70. The average Bonchev–Trinajstić information content (AvgIpc) is 2.99. The van der Waals surface area contributed by atoms with Gasteiger partial charge in [-0.1, -0.05) is 12.1 Å². The van der Waals surface area contributed by atoms with Crippen LogP contribution in [0.1, 0.15) is 25.5 Å². The van der Waals surface area contributed by atoms with Crippen molar-refractivity contribution in [2.45, 2.75) is 37.4 Å². The minimum atomic E-state index is -3.38. The van der Waals surface area contributed by atoms with Crippen LogP contribution in [0.3, 0.4) is 0 Å². The minimum absolute atomic E-state index is 0.122. The molecule has 7 heteroatoms. The zero-order chi connectivity index (χ0) is 17.0. The van der Waals surface area contributed by atoms with Crippen molar-refractivity contribution in [1.29, 1.82) is 0 Å². The Kier molecular flexibility index (Phi) is 5.56. The van der Waals surface area contributed by atoms with E-state index in [1.165, 1.54) is 18.4 Å². The molecule has 2 rings (SSSR count). The lowest BCUT2D eigenvalue weighted by atomic mass is 10.1. The number of hydrogen-bond donors (Lipinski definition) is 1. The molecule has 2 atom stereocenters. The largest absolute Gasteiger partial charge is 0.306 e. The van der Waals surface area contributed by atoms with Crippen molar-refractivity contribution in [3.8, 4) is 0 Å².